The average Bonchev–Trinajstić information content (AvgIpc) is 2.77. The van der Waals surface area contributed by atoms with Crippen molar-refractivity contribution in [2.45, 2.75) is 32.4 Å². The van der Waals surface area contributed by atoms with E-state index in [-0.39, 0.29) is 12.4 Å². The zero-order valence-electron chi connectivity index (χ0n) is 17.8. The van der Waals surface area contributed by atoms with E-state index in [4.69, 9.17) is 10.5 Å². The molecule has 0 spiro atoms. The molecular weight excluding hydrogens is 397 g/mol. The van der Waals surface area contributed by atoms with Crippen molar-refractivity contribution in [1.29, 1.82) is 0 Å². The van der Waals surface area contributed by atoms with Crippen molar-refractivity contribution in [3.05, 3.63) is 59.9 Å². The summed E-state index contributed by atoms with van der Waals surface area (Å²) in [6, 6.07) is 14.5. The van der Waals surface area contributed by atoms with E-state index in [1.807, 2.05) is 31.2 Å². The molecule has 0 unspecified atom stereocenters. The van der Waals surface area contributed by atoms with Gasteiger partial charge in [-0.2, -0.15) is 0 Å². The molecule has 1 amide bonds. The van der Waals surface area contributed by atoms with Crippen molar-refractivity contribution in [3.8, 4) is 5.75 Å². The molecule has 0 aliphatic carbocycles. The first-order valence-electron chi connectivity index (χ1n) is 10.6. The monoisotopic (exact) mass is 427 g/mol. The maximum absolute atomic E-state index is 13.5. The SMILES string of the molecule is CCNC(=NCc1cccc(OCC(N)=O)c1)NC1CCN(c2cccc(F)c2)CC1. The summed E-state index contributed by atoms with van der Waals surface area (Å²) in [6.07, 6.45) is 1.88. The van der Waals surface area contributed by atoms with Gasteiger partial charge in [-0.05, 0) is 55.7 Å². The predicted octanol–water partition coefficient (Wildman–Crippen LogP) is 2.41. The Labute approximate surface area is 182 Å². The minimum atomic E-state index is -0.509. The van der Waals surface area contributed by atoms with Crippen LogP contribution in [0.3, 0.4) is 0 Å². The fourth-order valence-corrected chi connectivity index (χ4v) is 3.53. The van der Waals surface area contributed by atoms with Gasteiger partial charge in [-0.3, -0.25) is 4.79 Å². The largest absolute Gasteiger partial charge is 0.484 e. The average molecular weight is 428 g/mol. The smallest absolute Gasteiger partial charge is 0.255 e. The van der Waals surface area contributed by atoms with Crippen molar-refractivity contribution in [1.82, 2.24) is 10.6 Å². The number of hydrogen-bond acceptors (Lipinski definition) is 4. The fraction of sp³-hybridized carbons (Fsp3) is 0.391. The van der Waals surface area contributed by atoms with Crippen molar-refractivity contribution in [3.63, 3.8) is 0 Å². The Hall–Kier alpha value is -3.29. The summed E-state index contributed by atoms with van der Waals surface area (Å²) in [6.45, 7) is 4.84. The number of hydrogen-bond donors (Lipinski definition) is 3. The zero-order valence-corrected chi connectivity index (χ0v) is 17.8. The first-order chi connectivity index (χ1) is 15.0. The van der Waals surface area contributed by atoms with E-state index in [1.54, 1.807) is 18.2 Å². The van der Waals surface area contributed by atoms with Crippen LogP contribution < -0.4 is 26.0 Å². The van der Waals surface area contributed by atoms with Gasteiger partial charge in [-0.25, -0.2) is 9.38 Å². The number of piperidine rings is 1. The lowest BCUT2D eigenvalue weighted by molar-refractivity contribution is -0.119. The second-order valence-corrected chi connectivity index (χ2v) is 7.48. The highest BCUT2D eigenvalue weighted by Crippen LogP contribution is 2.21. The number of rotatable bonds is 8. The third-order valence-corrected chi connectivity index (χ3v) is 5.05. The number of benzene rings is 2. The molecule has 4 N–H and O–H groups in total. The molecule has 1 aliphatic heterocycles. The van der Waals surface area contributed by atoms with Crippen LogP contribution in [0.1, 0.15) is 25.3 Å². The lowest BCUT2D eigenvalue weighted by atomic mass is 10.0. The van der Waals surface area contributed by atoms with Gasteiger partial charge < -0.3 is 26.0 Å². The van der Waals surface area contributed by atoms with Crippen LogP contribution in [0.4, 0.5) is 10.1 Å². The van der Waals surface area contributed by atoms with Crippen LogP contribution in [0.15, 0.2) is 53.5 Å². The predicted molar refractivity (Wildman–Crippen MR) is 121 cm³/mol. The number of ether oxygens (including phenoxy) is 1. The highest BCUT2D eigenvalue weighted by molar-refractivity contribution is 5.80. The Morgan fingerprint density at radius 1 is 1.23 bits per heavy atom. The van der Waals surface area contributed by atoms with Crippen LogP contribution in [0.25, 0.3) is 0 Å². The first-order valence-corrected chi connectivity index (χ1v) is 10.6. The second-order valence-electron chi connectivity index (χ2n) is 7.48. The van der Waals surface area contributed by atoms with Gasteiger partial charge in [0.2, 0.25) is 0 Å². The summed E-state index contributed by atoms with van der Waals surface area (Å²) in [5.41, 5.74) is 7.03. The summed E-state index contributed by atoms with van der Waals surface area (Å²) in [5.74, 6) is 0.637. The van der Waals surface area contributed by atoms with Gasteiger partial charge in [0.05, 0.1) is 6.54 Å². The third kappa shape index (κ3) is 7.16. The van der Waals surface area contributed by atoms with Crippen molar-refractivity contribution >= 4 is 17.6 Å². The molecule has 0 aromatic heterocycles. The van der Waals surface area contributed by atoms with Crippen LogP contribution >= 0.6 is 0 Å². The summed E-state index contributed by atoms with van der Waals surface area (Å²) in [7, 11) is 0. The number of nitrogens with two attached hydrogens (primary N) is 1. The molecule has 0 saturated carbocycles. The molecule has 1 fully saturated rings. The number of halogens is 1. The molecule has 166 valence electrons. The van der Waals surface area contributed by atoms with Crippen molar-refractivity contribution in [2.75, 3.05) is 31.1 Å². The van der Waals surface area contributed by atoms with Crippen LogP contribution in [0, 0.1) is 5.82 Å². The quantitative estimate of drug-likeness (QED) is 0.445. The van der Waals surface area contributed by atoms with Crippen LogP contribution in [0.2, 0.25) is 0 Å². The van der Waals surface area contributed by atoms with E-state index in [1.165, 1.54) is 6.07 Å². The Kier molecular flexibility index (Phi) is 8.09. The number of nitrogens with zero attached hydrogens (tertiary/aromatic N) is 2. The number of guanidine groups is 1. The number of primary amides is 1. The van der Waals surface area contributed by atoms with Gasteiger partial charge >= 0.3 is 0 Å². The van der Waals surface area contributed by atoms with Gasteiger partial charge in [-0.1, -0.05) is 18.2 Å². The first kappa shape index (κ1) is 22.4. The molecule has 1 heterocycles. The molecule has 2 aromatic rings. The van der Waals surface area contributed by atoms with Crippen LogP contribution in [-0.4, -0.2) is 44.1 Å². The molecule has 7 nitrogen and oxygen atoms in total. The highest BCUT2D eigenvalue weighted by atomic mass is 19.1. The third-order valence-electron chi connectivity index (χ3n) is 5.05. The number of amides is 1. The highest BCUT2D eigenvalue weighted by Gasteiger charge is 2.20. The summed E-state index contributed by atoms with van der Waals surface area (Å²) >= 11 is 0. The number of anilines is 1. The van der Waals surface area contributed by atoms with Crippen LogP contribution in [-0.2, 0) is 11.3 Å². The van der Waals surface area contributed by atoms with Crippen molar-refractivity contribution < 1.29 is 13.9 Å². The Balaban J connectivity index is 1.54. The minimum absolute atomic E-state index is 0.148. The second kappa shape index (κ2) is 11.2. The number of carbonyl (C=O) groups is 1. The van der Waals surface area contributed by atoms with Gasteiger partial charge in [0, 0.05) is 31.4 Å². The Morgan fingerprint density at radius 2 is 2.00 bits per heavy atom. The lowest BCUT2D eigenvalue weighted by Crippen LogP contribution is -2.48. The molecule has 2 aromatic carbocycles. The lowest BCUT2D eigenvalue weighted by Gasteiger charge is -2.34. The van der Waals surface area contributed by atoms with E-state index in [0.29, 0.717) is 18.3 Å². The topological polar surface area (TPSA) is 92.0 Å². The maximum atomic E-state index is 13.5. The number of carbonyl (C=O) groups excluding carboxylic acids is 1. The standard InChI is InChI=1S/C23H30FN5O2/c1-2-26-23(27-15-17-5-3-8-21(13-17)31-16-22(25)30)28-19-9-11-29(12-10-19)20-7-4-6-18(24)14-20/h3-8,13-14,19H,2,9-12,15-16H2,1H3,(H2,25,30)(H2,26,27,28). The van der Waals surface area contributed by atoms with E-state index < -0.39 is 5.91 Å². The van der Waals surface area contributed by atoms with Gasteiger partial charge in [-0.15, -0.1) is 0 Å². The van der Waals surface area contributed by atoms with E-state index >= 15 is 0 Å². The van der Waals surface area contributed by atoms with E-state index in [9.17, 15) is 9.18 Å². The van der Waals surface area contributed by atoms with Gasteiger partial charge in [0.1, 0.15) is 11.6 Å². The van der Waals surface area contributed by atoms with E-state index in [0.717, 1.165) is 49.7 Å². The molecule has 31 heavy (non-hydrogen) atoms. The Bertz CT molecular complexity index is 897. The molecule has 0 atom stereocenters. The van der Waals surface area contributed by atoms with Gasteiger partial charge in [0.25, 0.3) is 5.91 Å². The molecule has 0 radical (unpaired) electrons. The summed E-state index contributed by atoms with van der Waals surface area (Å²) in [5, 5.41) is 6.80. The number of aliphatic imine (C=N–C) groups is 1. The minimum Gasteiger partial charge on any atom is -0.484 e. The summed E-state index contributed by atoms with van der Waals surface area (Å²) in [4.78, 5) is 17.8. The molecule has 8 heteroatoms. The summed E-state index contributed by atoms with van der Waals surface area (Å²) < 4.78 is 18.8. The molecule has 3 rings (SSSR count). The maximum Gasteiger partial charge on any atom is 0.255 e. The zero-order chi connectivity index (χ0) is 22.1. The molecule has 0 bridgehead atoms. The molecule has 1 aliphatic rings. The fourth-order valence-electron chi connectivity index (χ4n) is 3.53. The Morgan fingerprint density at radius 3 is 2.71 bits per heavy atom. The molecular formula is C23H30FN5O2. The normalized spacial score (nSPS) is 14.9. The van der Waals surface area contributed by atoms with Crippen LogP contribution in [0.5, 0.6) is 5.75 Å². The molecule has 1 saturated heterocycles. The van der Waals surface area contributed by atoms with Gasteiger partial charge in [0.15, 0.2) is 12.6 Å². The van der Waals surface area contributed by atoms with Crippen molar-refractivity contribution in [2.24, 2.45) is 10.7 Å². The van der Waals surface area contributed by atoms with E-state index in [2.05, 4.69) is 20.5 Å². The number of nitrogens with one attached hydrogen (secondary N) is 2.